The van der Waals surface area contributed by atoms with E-state index in [0.717, 1.165) is 0 Å². The third-order valence-corrected chi connectivity index (χ3v) is 1.54. The second-order valence-electron chi connectivity index (χ2n) is 3.15. The number of rotatable bonds is 4. The van der Waals surface area contributed by atoms with E-state index in [2.05, 4.69) is 6.58 Å². The highest BCUT2D eigenvalue weighted by Gasteiger charge is 2.01. The van der Waals surface area contributed by atoms with Gasteiger partial charge in [-0.3, -0.25) is 0 Å². The summed E-state index contributed by atoms with van der Waals surface area (Å²) >= 11 is 0. The van der Waals surface area contributed by atoms with Crippen LogP contribution in [0.1, 0.15) is 6.92 Å². The maximum absolute atomic E-state index is 9.60. The number of carboxylic acids is 1. The minimum Gasteiger partial charge on any atom is -0.478 e. The number of aliphatic hydroxyl groups excluding tert-OH is 2. The molecule has 0 aromatic heterocycles. The molecule has 0 saturated carbocycles. The van der Waals surface area contributed by atoms with Crippen LogP contribution in [0.5, 0.6) is 5.75 Å². The molecule has 0 aliphatic heterocycles. The van der Waals surface area contributed by atoms with Gasteiger partial charge in [-0.05, 0) is 19.1 Å². The Morgan fingerprint density at radius 2 is 1.88 bits per heavy atom. The van der Waals surface area contributed by atoms with Gasteiger partial charge >= 0.3 is 5.97 Å². The SMILES string of the molecule is C=C(C)C(=O)O.OCC(O)Oc1ccccc1. The summed E-state index contributed by atoms with van der Waals surface area (Å²) in [5.41, 5.74) is 0.176. The number of aliphatic carboxylic acids is 1. The normalized spacial score (nSPS) is 10.8. The van der Waals surface area contributed by atoms with E-state index in [9.17, 15) is 4.79 Å². The van der Waals surface area contributed by atoms with Crippen LogP contribution in [-0.2, 0) is 4.79 Å². The predicted octanol–water partition coefficient (Wildman–Crippen LogP) is 1.02. The third-order valence-electron chi connectivity index (χ3n) is 1.54. The lowest BCUT2D eigenvalue weighted by molar-refractivity contribution is -0.132. The zero-order valence-electron chi connectivity index (χ0n) is 9.54. The van der Waals surface area contributed by atoms with Crippen molar-refractivity contribution in [2.24, 2.45) is 0 Å². The van der Waals surface area contributed by atoms with Crippen LogP contribution in [-0.4, -0.2) is 34.2 Å². The number of benzene rings is 1. The van der Waals surface area contributed by atoms with Gasteiger partial charge in [0.1, 0.15) is 12.4 Å². The molecule has 0 spiro atoms. The molecule has 0 radical (unpaired) electrons. The molecule has 3 N–H and O–H groups in total. The highest BCUT2D eigenvalue weighted by atomic mass is 16.6. The highest BCUT2D eigenvalue weighted by Crippen LogP contribution is 2.09. The molecule has 1 unspecified atom stereocenters. The van der Waals surface area contributed by atoms with Gasteiger partial charge in [-0.1, -0.05) is 24.8 Å². The summed E-state index contributed by atoms with van der Waals surface area (Å²) in [5, 5.41) is 25.2. The van der Waals surface area contributed by atoms with E-state index in [1.807, 2.05) is 6.07 Å². The minimum absolute atomic E-state index is 0.176. The van der Waals surface area contributed by atoms with Crippen molar-refractivity contribution in [2.75, 3.05) is 6.61 Å². The van der Waals surface area contributed by atoms with Gasteiger partial charge in [0.2, 0.25) is 6.29 Å². The molecule has 0 saturated heterocycles. The van der Waals surface area contributed by atoms with Gasteiger partial charge in [0.05, 0.1) is 0 Å². The molecular formula is C12H16O5. The lowest BCUT2D eigenvalue weighted by Crippen LogP contribution is -2.19. The summed E-state index contributed by atoms with van der Waals surface area (Å²) in [7, 11) is 0. The van der Waals surface area contributed by atoms with Crippen molar-refractivity contribution in [3.63, 3.8) is 0 Å². The monoisotopic (exact) mass is 240 g/mol. The first-order valence-corrected chi connectivity index (χ1v) is 4.86. The standard InChI is InChI=1S/C8H10O3.C4H6O2/c9-6-8(10)11-7-4-2-1-3-5-7;1-3(2)4(5)6/h1-5,8-10H,6H2;1H2,2H3,(H,5,6). The number of carboxylic acid groups (broad SMARTS) is 1. The molecule has 5 nitrogen and oxygen atoms in total. The van der Waals surface area contributed by atoms with Crippen molar-refractivity contribution < 1.29 is 24.9 Å². The summed E-state index contributed by atoms with van der Waals surface area (Å²) in [6.07, 6.45) is -1.13. The Hall–Kier alpha value is -1.85. The molecule has 1 aromatic carbocycles. The molecule has 0 fully saturated rings. The number of hydrogen-bond acceptors (Lipinski definition) is 4. The zero-order chi connectivity index (χ0) is 13.3. The summed E-state index contributed by atoms with van der Waals surface area (Å²) in [6.45, 7) is 4.21. The van der Waals surface area contributed by atoms with E-state index in [1.54, 1.807) is 24.3 Å². The summed E-state index contributed by atoms with van der Waals surface area (Å²) < 4.78 is 4.87. The molecule has 0 amide bonds. The minimum atomic E-state index is -1.13. The highest BCUT2D eigenvalue weighted by molar-refractivity contribution is 5.84. The summed E-state index contributed by atoms with van der Waals surface area (Å²) in [4.78, 5) is 9.60. The maximum atomic E-state index is 9.60. The second-order valence-corrected chi connectivity index (χ2v) is 3.15. The Morgan fingerprint density at radius 1 is 1.41 bits per heavy atom. The smallest absolute Gasteiger partial charge is 0.330 e. The van der Waals surface area contributed by atoms with Crippen LogP contribution >= 0.6 is 0 Å². The van der Waals surface area contributed by atoms with Crippen molar-refractivity contribution in [2.45, 2.75) is 13.2 Å². The second kappa shape index (κ2) is 8.32. The van der Waals surface area contributed by atoms with E-state index in [4.69, 9.17) is 20.1 Å². The number of aliphatic hydroxyl groups is 2. The molecule has 0 aliphatic carbocycles. The fourth-order valence-electron chi connectivity index (χ4n) is 0.693. The van der Waals surface area contributed by atoms with Crippen molar-refractivity contribution in [3.05, 3.63) is 42.5 Å². The molecule has 1 rings (SSSR count). The third kappa shape index (κ3) is 8.01. The molecular weight excluding hydrogens is 224 g/mol. The maximum Gasteiger partial charge on any atom is 0.330 e. The molecule has 1 aromatic rings. The fraction of sp³-hybridized carbons (Fsp3) is 0.250. The van der Waals surface area contributed by atoms with Crippen LogP contribution in [0.3, 0.4) is 0 Å². The van der Waals surface area contributed by atoms with E-state index in [0.29, 0.717) is 5.75 Å². The van der Waals surface area contributed by atoms with Crippen molar-refractivity contribution >= 4 is 5.97 Å². The van der Waals surface area contributed by atoms with Crippen LogP contribution in [0.2, 0.25) is 0 Å². The van der Waals surface area contributed by atoms with Crippen molar-refractivity contribution in [1.82, 2.24) is 0 Å². The van der Waals surface area contributed by atoms with Crippen molar-refractivity contribution in [3.8, 4) is 5.75 Å². The molecule has 94 valence electrons. The van der Waals surface area contributed by atoms with Crippen LogP contribution in [0.15, 0.2) is 42.5 Å². The molecule has 17 heavy (non-hydrogen) atoms. The van der Waals surface area contributed by atoms with Gasteiger partial charge in [0.25, 0.3) is 0 Å². The number of ether oxygens (including phenoxy) is 1. The van der Waals surface area contributed by atoms with Crippen LogP contribution in [0, 0.1) is 0 Å². The molecule has 0 aliphatic rings. The average Bonchev–Trinajstić information content (AvgIpc) is 2.31. The number of carbonyl (C=O) groups is 1. The van der Waals surface area contributed by atoms with Gasteiger partial charge in [0.15, 0.2) is 0 Å². The molecule has 5 heteroatoms. The first-order chi connectivity index (χ1) is 7.97. The van der Waals surface area contributed by atoms with E-state index < -0.39 is 18.9 Å². The Balaban J connectivity index is 0.000000366. The quantitative estimate of drug-likeness (QED) is 0.540. The van der Waals surface area contributed by atoms with E-state index >= 15 is 0 Å². The molecule has 0 heterocycles. The lowest BCUT2D eigenvalue weighted by Gasteiger charge is -2.09. The predicted molar refractivity (Wildman–Crippen MR) is 62.6 cm³/mol. The largest absolute Gasteiger partial charge is 0.478 e. The Labute approximate surface area is 99.6 Å². The topological polar surface area (TPSA) is 87.0 Å². The Kier molecular flexibility index (Phi) is 7.41. The van der Waals surface area contributed by atoms with E-state index in [-0.39, 0.29) is 5.57 Å². The van der Waals surface area contributed by atoms with Crippen LogP contribution in [0.25, 0.3) is 0 Å². The van der Waals surface area contributed by atoms with Crippen LogP contribution in [0.4, 0.5) is 0 Å². The molecule has 0 bridgehead atoms. The van der Waals surface area contributed by atoms with E-state index in [1.165, 1.54) is 6.92 Å². The average molecular weight is 240 g/mol. The number of hydrogen-bond donors (Lipinski definition) is 3. The molecule has 1 atom stereocenters. The Morgan fingerprint density at radius 3 is 2.24 bits per heavy atom. The zero-order valence-corrected chi connectivity index (χ0v) is 9.54. The van der Waals surface area contributed by atoms with Gasteiger partial charge in [-0.15, -0.1) is 0 Å². The Bertz CT molecular complexity index is 335. The summed E-state index contributed by atoms with van der Waals surface area (Å²) in [5.74, 6) is -0.385. The van der Waals surface area contributed by atoms with Gasteiger partial charge in [-0.25, -0.2) is 4.79 Å². The lowest BCUT2D eigenvalue weighted by atomic mass is 10.3. The summed E-state index contributed by atoms with van der Waals surface area (Å²) in [6, 6.07) is 8.84. The van der Waals surface area contributed by atoms with Gasteiger partial charge in [0, 0.05) is 5.57 Å². The first-order valence-electron chi connectivity index (χ1n) is 4.86. The first kappa shape index (κ1) is 15.2. The van der Waals surface area contributed by atoms with Crippen LogP contribution < -0.4 is 4.74 Å². The number of para-hydroxylation sites is 1. The van der Waals surface area contributed by atoms with Crippen molar-refractivity contribution in [1.29, 1.82) is 0 Å². The fourth-order valence-corrected chi connectivity index (χ4v) is 0.693. The van der Waals surface area contributed by atoms with Gasteiger partial charge in [-0.2, -0.15) is 0 Å². The van der Waals surface area contributed by atoms with Gasteiger partial charge < -0.3 is 20.1 Å².